The first kappa shape index (κ1) is 22.3. The van der Waals surface area contributed by atoms with Gasteiger partial charge in [-0.2, -0.15) is 0 Å². The second kappa shape index (κ2) is 8.21. The molecule has 2 aliphatic rings. The third-order valence-electron chi connectivity index (χ3n) is 6.80. The van der Waals surface area contributed by atoms with Crippen molar-refractivity contribution in [3.8, 4) is 0 Å². The Balaban J connectivity index is 1.90. The fraction of sp³-hybridized carbons (Fsp3) is 0.231. The monoisotopic (exact) mass is 529 g/mol. The Kier molecular flexibility index (Phi) is 6.10. The zero-order chi connectivity index (χ0) is 21.5. The maximum absolute atomic E-state index is 8.03. The van der Waals surface area contributed by atoms with Crippen molar-refractivity contribution in [3.05, 3.63) is 107 Å². The van der Waals surface area contributed by atoms with Gasteiger partial charge in [-0.25, -0.2) is 0 Å². The second-order valence-corrected chi connectivity index (χ2v) is 51.8. The predicted octanol–water partition coefficient (Wildman–Crippen LogP) is 8.63. The zero-order valence-corrected chi connectivity index (χ0v) is 23.2. The van der Waals surface area contributed by atoms with E-state index in [4.69, 9.17) is 17.0 Å². The molecule has 4 rings (SSSR count). The molecule has 4 heteroatoms. The summed E-state index contributed by atoms with van der Waals surface area (Å²) >= 11 is -4.42. The molecule has 2 atom stereocenters. The van der Waals surface area contributed by atoms with Gasteiger partial charge in [0, 0.05) is 0 Å². The number of hydrogen-bond acceptors (Lipinski definition) is 0. The summed E-state index contributed by atoms with van der Waals surface area (Å²) in [4.78, 5) is 0. The van der Waals surface area contributed by atoms with Crippen LogP contribution >= 0.6 is 17.0 Å². The molecule has 0 amide bonds. The van der Waals surface area contributed by atoms with E-state index in [1.807, 2.05) is 0 Å². The van der Waals surface area contributed by atoms with Crippen LogP contribution in [0.3, 0.4) is 0 Å². The van der Waals surface area contributed by atoms with Crippen LogP contribution in [0.5, 0.6) is 0 Å². The molecule has 0 spiro atoms. The molecule has 30 heavy (non-hydrogen) atoms. The van der Waals surface area contributed by atoms with Crippen molar-refractivity contribution in [3.63, 3.8) is 0 Å². The van der Waals surface area contributed by atoms with E-state index in [2.05, 4.69) is 112 Å². The second-order valence-electron chi connectivity index (χ2n) is 9.09. The van der Waals surface area contributed by atoms with E-state index in [0.717, 1.165) is 0 Å². The molecule has 0 saturated heterocycles. The maximum atomic E-state index is 8.03. The van der Waals surface area contributed by atoms with Crippen molar-refractivity contribution in [1.82, 2.24) is 0 Å². The van der Waals surface area contributed by atoms with E-state index in [-0.39, 0.29) is 7.25 Å². The Morgan fingerprint density at radius 2 is 1.03 bits per heavy atom. The predicted molar refractivity (Wildman–Crippen MR) is 134 cm³/mol. The van der Waals surface area contributed by atoms with Crippen LogP contribution in [0.1, 0.15) is 25.0 Å². The van der Waals surface area contributed by atoms with Gasteiger partial charge in [-0.1, -0.05) is 0 Å². The first-order chi connectivity index (χ1) is 14.2. The Morgan fingerprint density at radius 1 is 0.667 bits per heavy atom. The Morgan fingerprint density at radius 3 is 1.37 bits per heavy atom. The van der Waals surface area contributed by atoms with Crippen LogP contribution in [0.2, 0.25) is 20.3 Å². The number of benzene rings is 2. The molecular formula is C26H29Cl2SiZr. The van der Waals surface area contributed by atoms with Crippen LogP contribution in [0.25, 0.3) is 11.1 Å². The van der Waals surface area contributed by atoms with Gasteiger partial charge in [-0.3, -0.25) is 0 Å². The van der Waals surface area contributed by atoms with Crippen LogP contribution in [0, 0.1) is 0 Å². The Hall–Kier alpha value is -0.920. The Labute approximate surface area is 189 Å². The molecule has 2 unspecified atom stereocenters. The minimum atomic E-state index is -4.42. The molecule has 2 aliphatic carbocycles. The number of rotatable bonds is 5. The van der Waals surface area contributed by atoms with Crippen molar-refractivity contribution in [1.29, 1.82) is 0 Å². The fourth-order valence-electron chi connectivity index (χ4n) is 5.08. The summed E-state index contributed by atoms with van der Waals surface area (Å²) < 4.78 is 0.284. The summed E-state index contributed by atoms with van der Waals surface area (Å²) in [6, 6.07) is 21.3. The summed E-state index contributed by atoms with van der Waals surface area (Å²) in [5, 5.41) is 0. The van der Waals surface area contributed by atoms with E-state index in [1.54, 1.807) is 0 Å². The van der Waals surface area contributed by atoms with Gasteiger partial charge < -0.3 is 0 Å². The molecule has 0 nitrogen and oxygen atoms in total. The molecule has 155 valence electrons. The van der Waals surface area contributed by atoms with Gasteiger partial charge in [-0.05, 0) is 0 Å². The summed E-state index contributed by atoms with van der Waals surface area (Å²) in [5.74, 6) is -1.43. The van der Waals surface area contributed by atoms with Crippen molar-refractivity contribution >= 4 is 34.1 Å². The van der Waals surface area contributed by atoms with Crippen LogP contribution in [-0.2, 0) is 15.6 Å². The van der Waals surface area contributed by atoms with Crippen molar-refractivity contribution in [2.75, 3.05) is 0 Å². The van der Waals surface area contributed by atoms with Crippen LogP contribution in [-0.4, -0.2) is 5.92 Å². The standard InChI is InChI=1S/2C12H11.C2H7Si.2ClH.Zr/c2*1-10-7-8-12(9-10)11-5-3-2-4-6-11;1-3-2;;;/h2*2-9H,1H3;3H,1-2H3;2*1H;/q;;;;;+2/p-2. The van der Waals surface area contributed by atoms with E-state index in [9.17, 15) is 0 Å². The third kappa shape index (κ3) is 3.65. The molecule has 0 saturated carbocycles. The molecular weight excluding hydrogens is 503 g/mol. The van der Waals surface area contributed by atoms with Crippen LogP contribution in [0.4, 0.5) is 0 Å². The normalized spacial score (nSPS) is 22.8. The summed E-state index contributed by atoms with van der Waals surface area (Å²) in [7, 11) is 16.1. The summed E-state index contributed by atoms with van der Waals surface area (Å²) in [6.07, 6.45) is 9.38. The van der Waals surface area contributed by atoms with Crippen molar-refractivity contribution in [2.45, 2.75) is 34.2 Å². The fourth-order valence-corrected chi connectivity index (χ4v) is 32.6. The van der Waals surface area contributed by atoms with Gasteiger partial charge in [0.05, 0.1) is 0 Å². The van der Waals surface area contributed by atoms with E-state index >= 15 is 0 Å². The van der Waals surface area contributed by atoms with Gasteiger partial charge in [-0.15, -0.1) is 0 Å². The summed E-state index contributed by atoms with van der Waals surface area (Å²) in [5.41, 5.74) is 7.68. The minimum absolute atomic E-state index is 0.142. The average Bonchev–Trinajstić information content (AvgIpc) is 3.33. The molecule has 2 aromatic carbocycles. The third-order valence-corrected chi connectivity index (χ3v) is 58.8. The van der Waals surface area contributed by atoms with Gasteiger partial charge in [0.25, 0.3) is 0 Å². The number of allylic oxidation sites excluding steroid dienone is 8. The Bertz CT molecular complexity index is 997. The first-order valence-corrected chi connectivity index (χ1v) is 27.0. The van der Waals surface area contributed by atoms with Crippen LogP contribution < -0.4 is 0 Å². The SMILES string of the molecule is CC1=C[CH]([Zr]([Cl])([Cl])([CH]2C=C(C)C=C2c2ccccc2)[SiH](C)C)C(c2ccccc2)=C1. The molecule has 0 bridgehead atoms. The van der Waals surface area contributed by atoms with E-state index < -0.39 is 21.5 Å². The quantitative estimate of drug-likeness (QED) is 0.339. The zero-order valence-electron chi connectivity index (χ0n) is 18.1. The van der Waals surface area contributed by atoms with E-state index in [1.165, 1.54) is 33.4 Å². The molecule has 0 aromatic heterocycles. The van der Waals surface area contributed by atoms with Gasteiger partial charge >= 0.3 is 191 Å². The van der Waals surface area contributed by atoms with Crippen LogP contribution in [0.15, 0.2) is 96.1 Å². The van der Waals surface area contributed by atoms with Gasteiger partial charge in [0.15, 0.2) is 0 Å². The molecule has 0 N–H and O–H groups in total. The summed E-state index contributed by atoms with van der Waals surface area (Å²) in [6.45, 7) is 9.11. The molecule has 0 fully saturated rings. The first-order valence-electron chi connectivity index (χ1n) is 10.7. The molecule has 0 radical (unpaired) electrons. The average molecular weight is 532 g/mol. The topological polar surface area (TPSA) is 0 Å². The number of hydrogen-bond donors (Lipinski definition) is 0. The van der Waals surface area contributed by atoms with Crippen molar-refractivity contribution in [2.24, 2.45) is 0 Å². The molecule has 2 aromatic rings. The van der Waals surface area contributed by atoms with Gasteiger partial charge in [0.1, 0.15) is 0 Å². The molecule has 0 heterocycles. The van der Waals surface area contributed by atoms with Gasteiger partial charge in [0.2, 0.25) is 0 Å². The number of halogens is 2. The van der Waals surface area contributed by atoms with Crippen molar-refractivity contribution < 1.29 is 15.6 Å². The molecule has 0 aliphatic heterocycles. The van der Waals surface area contributed by atoms with E-state index in [0.29, 0.717) is 0 Å².